The van der Waals surface area contributed by atoms with E-state index in [1.54, 1.807) is 0 Å². The van der Waals surface area contributed by atoms with Gasteiger partial charge < -0.3 is 5.32 Å². The van der Waals surface area contributed by atoms with E-state index in [1.807, 2.05) is 37.4 Å². The molecule has 5 nitrogen and oxygen atoms in total. The topological polar surface area (TPSA) is 59.3 Å². The molecule has 2 rings (SSSR count). The Kier molecular flexibility index (Phi) is 3.79. The number of carbonyl (C=O) groups is 1. The molecule has 0 radical (unpaired) electrons. The largest absolute Gasteiger partial charge is 0.309 e. The van der Waals surface area contributed by atoms with Crippen molar-refractivity contribution in [3.8, 4) is 0 Å². The lowest BCUT2D eigenvalue weighted by Gasteiger charge is -2.17. The average Bonchev–Trinajstić information content (AvgIpc) is 2.71. The van der Waals surface area contributed by atoms with E-state index in [-0.39, 0.29) is 11.3 Å². The predicted octanol–water partition coefficient (Wildman–Crippen LogP) is 3.23. The van der Waals surface area contributed by atoms with E-state index in [2.05, 4.69) is 29.2 Å². The van der Waals surface area contributed by atoms with Gasteiger partial charge in [0.15, 0.2) is 5.82 Å². The second-order valence-electron chi connectivity index (χ2n) is 6.60. The standard InChI is InChI=1S/C15H22N4O/c1-10(2)11-6-7-12-14(16-9-17-19(11)12)18-13(20)8-15(3,4)5/h6-7,9-10H,8H2,1-5H3,(H,16,17,18,20). The molecule has 0 saturated heterocycles. The van der Waals surface area contributed by atoms with Gasteiger partial charge in [-0.15, -0.1) is 0 Å². The summed E-state index contributed by atoms with van der Waals surface area (Å²) >= 11 is 0. The summed E-state index contributed by atoms with van der Waals surface area (Å²) < 4.78 is 1.84. The molecule has 1 N–H and O–H groups in total. The molecule has 5 heteroatoms. The quantitative estimate of drug-likeness (QED) is 0.934. The van der Waals surface area contributed by atoms with E-state index in [0.717, 1.165) is 11.2 Å². The number of rotatable bonds is 3. The van der Waals surface area contributed by atoms with E-state index in [1.165, 1.54) is 6.33 Å². The lowest BCUT2D eigenvalue weighted by atomic mass is 9.92. The molecule has 0 aliphatic heterocycles. The first-order valence-electron chi connectivity index (χ1n) is 6.90. The minimum Gasteiger partial charge on any atom is -0.309 e. The highest BCUT2D eigenvalue weighted by atomic mass is 16.1. The van der Waals surface area contributed by atoms with Crippen molar-refractivity contribution in [1.82, 2.24) is 14.6 Å². The number of amides is 1. The zero-order valence-corrected chi connectivity index (χ0v) is 12.8. The van der Waals surface area contributed by atoms with Gasteiger partial charge in [-0.25, -0.2) is 9.50 Å². The summed E-state index contributed by atoms with van der Waals surface area (Å²) in [5, 5.41) is 7.14. The van der Waals surface area contributed by atoms with Gasteiger partial charge in [-0.2, -0.15) is 5.10 Å². The van der Waals surface area contributed by atoms with Gasteiger partial charge in [0, 0.05) is 12.1 Å². The Morgan fingerprint density at radius 1 is 1.35 bits per heavy atom. The summed E-state index contributed by atoms with van der Waals surface area (Å²) in [7, 11) is 0. The molecule has 0 fully saturated rings. The molecule has 0 aromatic carbocycles. The molecule has 0 aliphatic rings. The fourth-order valence-corrected chi connectivity index (χ4v) is 2.15. The molecule has 1 amide bonds. The van der Waals surface area contributed by atoms with Gasteiger partial charge >= 0.3 is 0 Å². The smallest absolute Gasteiger partial charge is 0.226 e. The molecule has 108 valence electrons. The summed E-state index contributed by atoms with van der Waals surface area (Å²) in [5.74, 6) is 0.914. The van der Waals surface area contributed by atoms with Crippen LogP contribution in [0.2, 0.25) is 0 Å². The number of anilines is 1. The summed E-state index contributed by atoms with van der Waals surface area (Å²) in [6.45, 7) is 10.3. The van der Waals surface area contributed by atoms with E-state index in [9.17, 15) is 4.79 Å². The van der Waals surface area contributed by atoms with Crippen molar-refractivity contribution in [2.45, 2.75) is 47.0 Å². The van der Waals surface area contributed by atoms with Crippen LogP contribution in [0, 0.1) is 5.41 Å². The van der Waals surface area contributed by atoms with Gasteiger partial charge in [0.1, 0.15) is 11.8 Å². The number of aromatic nitrogens is 3. The number of carbonyl (C=O) groups excluding carboxylic acids is 1. The third-order valence-corrected chi connectivity index (χ3v) is 3.02. The highest BCUT2D eigenvalue weighted by molar-refractivity contribution is 5.93. The number of nitrogens with one attached hydrogen (secondary N) is 1. The van der Waals surface area contributed by atoms with Crippen LogP contribution in [0.4, 0.5) is 5.82 Å². The van der Waals surface area contributed by atoms with Crippen LogP contribution in [0.3, 0.4) is 0 Å². The Morgan fingerprint density at radius 3 is 2.65 bits per heavy atom. The molecular weight excluding hydrogens is 252 g/mol. The van der Waals surface area contributed by atoms with Gasteiger partial charge in [-0.3, -0.25) is 4.79 Å². The van der Waals surface area contributed by atoms with E-state index >= 15 is 0 Å². The molecular formula is C15H22N4O. The van der Waals surface area contributed by atoms with Gasteiger partial charge in [0.05, 0.1) is 0 Å². The molecule has 0 saturated carbocycles. The van der Waals surface area contributed by atoms with Crippen LogP contribution in [0.15, 0.2) is 18.5 Å². The Balaban J connectivity index is 2.29. The lowest BCUT2D eigenvalue weighted by Crippen LogP contribution is -2.20. The minimum atomic E-state index is -0.0432. The predicted molar refractivity (Wildman–Crippen MR) is 79.8 cm³/mol. The summed E-state index contributed by atoms with van der Waals surface area (Å²) in [5.41, 5.74) is 1.89. The molecule has 2 aromatic rings. The van der Waals surface area contributed by atoms with Crippen LogP contribution in [0.25, 0.3) is 5.52 Å². The van der Waals surface area contributed by atoms with E-state index < -0.39 is 0 Å². The maximum Gasteiger partial charge on any atom is 0.226 e. The fraction of sp³-hybridized carbons (Fsp3) is 0.533. The van der Waals surface area contributed by atoms with Crippen molar-refractivity contribution in [2.24, 2.45) is 5.41 Å². The van der Waals surface area contributed by atoms with Crippen LogP contribution in [-0.4, -0.2) is 20.5 Å². The molecule has 0 unspecified atom stereocenters. The molecule has 2 heterocycles. The molecule has 0 bridgehead atoms. The van der Waals surface area contributed by atoms with Crippen molar-refractivity contribution in [3.63, 3.8) is 0 Å². The molecule has 0 spiro atoms. The number of nitrogens with zero attached hydrogens (tertiary/aromatic N) is 3. The monoisotopic (exact) mass is 274 g/mol. The van der Waals surface area contributed by atoms with E-state index in [4.69, 9.17) is 0 Å². The van der Waals surface area contributed by atoms with Crippen molar-refractivity contribution in [1.29, 1.82) is 0 Å². The second kappa shape index (κ2) is 5.23. The first kappa shape index (κ1) is 14.5. The summed E-state index contributed by atoms with van der Waals surface area (Å²) in [6.07, 6.45) is 1.94. The summed E-state index contributed by atoms with van der Waals surface area (Å²) in [4.78, 5) is 16.2. The Morgan fingerprint density at radius 2 is 2.05 bits per heavy atom. The molecule has 0 aliphatic carbocycles. The zero-order chi connectivity index (χ0) is 14.9. The Hall–Kier alpha value is -1.91. The van der Waals surface area contributed by atoms with Crippen LogP contribution in [0.1, 0.15) is 52.7 Å². The van der Waals surface area contributed by atoms with Crippen LogP contribution in [0.5, 0.6) is 0 Å². The SMILES string of the molecule is CC(C)c1ccc2c(NC(=O)CC(C)(C)C)ncnn12. The molecule has 20 heavy (non-hydrogen) atoms. The maximum atomic E-state index is 12.0. The normalized spacial score (nSPS) is 12.1. The molecule has 2 aromatic heterocycles. The lowest BCUT2D eigenvalue weighted by molar-refractivity contribution is -0.117. The van der Waals surface area contributed by atoms with Gasteiger partial charge in [0.25, 0.3) is 0 Å². The first-order valence-corrected chi connectivity index (χ1v) is 6.90. The Labute approximate surface area is 119 Å². The van der Waals surface area contributed by atoms with Gasteiger partial charge in [-0.05, 0) is 23.5 Å². The van der Waals surface area contributed by atoms with Crippen molar-refractivity contribution >= 4 is 17.2 Å². The van der Waals surface area contributed by atoms with E-state index in [0.29, 0.717) is 18.2 Å². The first-order chi connectivity index (χ1) is 9.28. The van der Waals surface area contributed by atoms with Crippen molar-refractivity contribution < 1.29 is 4.79 Å². The third kappa shape index (κ3) is 3.15. The third-order valence-electron chi connectivity index (χ3n) is 3.02. The fourth-order valence-electron chi connectivity index (χ4n) is 2.15. The maximum absolute atomic E-state index is 12.0. The van der Waals surface area contributed by atoms with Gasteiger partial charge in [-0.1, -0.05) is 34.6 Å². The highest BCUT2D eigenvalue weighted by Gasteiger charge is 2.18. The Bertz CT molecular complexity index is 622. The zero-order valence-electron chi connectivity index (χ0n) is 12.8. The highest BCUT2D eigenvalue weighted by Crippen LogP contribution is 2.23. The summed E-state index contributed by atoms with van der Waals surface area (Å²) in [6, 6.07) is 3.97. The van der Waals surface area contributed by atoms with Gasteiger partial charge in [0.2, 0.25) is 5.91 Å². The number of fused-ring (bicyclic) bond motifs is 1. The number of hydrogen-bond donors (Lipinski definition) is 1. The van der Waals surface area contributed by atoms with Crippen LogP contribution in [-0.2, 0) is 4.79 Å². The second-order valence-corrected chi connectivity index (χ2v) is 6.60. The van der Waals surface area contributed by atoms with Crippen molar-refractivity contribution in [3.05, 3.63) is 24.2 Å². The van der Waals surface area contributed by atoms with Crippen molar-refractivity contribution in [2.75, 3.05) is 5.32 Å². The average molecular weight is 274 g/mol. The number of hydrogen-bond acceptors (Lipinski definition) is 3. The van der Waals surface area contributed by atoms with Crippen LogP contribution >= 0.6 is 0 Å². The minimum absolute atomic E-state index is 0.0228. The van der Waals surface area contributed by atoms with Crippen LogP contribution < -0.4 is 5.32 Å². The molecule has 0 atom stereocenters.